The highest BCUT2D eigenvalue weighted by Crippen LogP contribution is 2.34. The minimum absolute atomic E-state index is 0.0441. The summed E-state index contributed by atoms with van der Waals surface area (Å²) >= 11 is 1.63. The smallest absolute Gasteiger partial charge is 0.257 e. The Balaban J connectivity index is 1.49. The number of furan rings is 1. The molecule has 1 aromatic carbocycles. The molecule has 0 saturated carbocycles. The van der Waals surface area contributed by atoms with E-state index in [0.29, 0.717) is 13.0 Å². The fourth-order valence-corrected chi connectivity index (χ4v) is 4.88. The molecule has 3 aromatic rings. The van der Waals surface area contributed by atoms with Crippen molar-refractivity contribution in [3.63, 3.8) is 0 Å². The average Bonchev–Trinajstić information content (AvgIpc) is 3.47. The molecule has 0 bridgehead atoms. The minimum atomic E-state index is -0.210. The van der Waals surface area contributed by atoms with Gasteiger partial charge in [-0.25, -0.2) is 5.01 Å². The van der Waals surface area contributed by atoms with Gasteiger partial charge in [-0.15, -0.1) is 11.3 Å². The number of rotatable bonds is 7. The van der Waals surface area contributed by atoms with Crippen molar-refractivity contribution in [2.24, 2.45) is 5.10 Å². The van der Waals surface area contributed by atoms with Crippen molar-refractivity contribution < 1.29 is 13.9 Å². The third-order valence-electron chi connectivity index (χ3n) is 5.43. The van der Waals surface area contributed by atoms with Crippen molar-refractivity contribution in [2.75, 3.05) is 20.7 Å². The summed E-state index contributed by atoms with van der Waals surface area (Å²) in [6, 6.07) is 11.8. The second kappa shape index (κ2) is 9.08. The normalized spacial score (nSPS) is 16.1. The van der Waals surface area contributed by atoms with Gasteiger partial charge in [-0.05, 0) is 61.2 Å². The zero-order valence-electron chi connectivity index (χ0n) is 18.3. The molecule has 0 fully saturated rings. The summed E-state index contributed by atoms with van der Waals surface area (Å²) in [5, 5.41) is 8.30. The van der Waals surface area contributed by atoms with Crippen LogP contribution < -0.4 is 4.74 Å². The van der Waals surface area contributed by atoms with Crippen LogP contribution in [0.2, 0.25) is 0 Å². The molecule has 7 heteroatoms. The largest absolute Gasteiger partial charge is 0.496 e. The molecule has 1 aliphatic rings. The molecule has 0 spiro atoms. The fourth-order valence-electron chi connectivity index (χ4n) is 4.16. The van der Waals surface area contributed by atoms with E-state index in [1.165, 1.54) is 0 Å². The highest BCUT2D eigenvalue weighted by Gasteiger charge is 2.35. The molecule has 0 radical (unpaired) electrons. The van der Waals surface area contributed by atoms with Gasteiger partial charge in [0.25, 0.3) is 5.91 Å². The molecule has 1 unspecified atom stereocenters. The Hall–Kier alpha value is -2.90. The Labute approximate surface area is 186 Å². The van der Waals surface area contributed by atoms with E-state index in [4.69, 9.17) is 9.15 Å². The van der Waals surface area contributed by atoms with Crippen molar-refractivity contribution in [3.05, 3.63) is 75.4 Å². The van der Waals surface area contributed by atoms with Crippen molar-refractivity contribution in [3.8, 4) is 5.75 Å². The zero-order valence-corrected chi connectivity index (χ0v) is 19.1. The number of carbonyl (C=O) groups excluding carboxylic acids is 1. The number of methoxy groups -OCH3 is 1. The number of thiophene rings is 1. The second-order valence-corrected chi connectivity index (χ2v) is 8.88. The molecular formula is C24H27N3O3S. The van der Waals surface area contributed by atoms with E-state index in [1.807, 2.05) is 55.4 Å². The van der Waals surface area contributed by atoms with E-state index in [9.17, 15) is 4.79 Å². The van der Waals surface area contributed by atoms with Crippen LogP contribution in [0.15, 0.2) is 57.6 Å². The number of aryl methyl sites for hydroxylation is 2. The predicted octanol–water partition coefficient (Wildman–Crippen LogP) is 4.78. The summed E-state index contributed by atoms with van der Waals surface area (Å²) in [5.41, 5.74) is 4.27. The Morgan fingerprint density at radius 2 is 2.06 bits per heavy atom. The second-order valence-electron chi connectivity index (χ2n) is 7.93. The van der Waals surface area contributed by atoms with Crippen molar-refractivity contribution in [1.29, 1.82) is 0 Å². The maximum absolute atomic E-state index is 13.2. The fraction of sp³-hybridized carbons (Fsp3) is 0.333. The molecule has 0 aliphatic carbocycles. The highest BCUT2D eigenvalue weighted by molar-refractivity contribution is 7.12. The van der Waals surface area contributed by atoms with E-state index in [0.717, 1.165) is 38.8 Å². The highest BCUT2D eigenvalue weighted by atomic mass is 32.1. The number of hydrogen-bond acceptors (Lipinski definition) is 6. The van der Waals surface area contributed by atoms with Crippen LogP contribution in [0.5, 0.6) is 5.75 Å². The van der Waals surface area contributed by atoms with Crippen LogP contribution in [0.4, 0.5) is 0 Å². The van der Waals surface area contributed by atoms with Gasteiger partial charge in [0.15, 0.2) is 0 Å². The number of hydrogen-bond donors (Lipinski definition) is 0. The van der Waals surface area contributed by atoms with Gasteiger partial charge in [0.2, 0.25) is 0 Å². The van der Waals surface area contributed by atoms with Crippen molar-refractivity contribution in [2.45, 2.75) is 32.9 Å². The molecule has 1 amide bonds. The van der Waals surface area contributed by atoms with Crippen LogP contribution in [0.25, 0.3) is 0 Å². The van der Waals surface area contributed by atoms with E-state index >= 15 is 0 Å². The summed E-state index contributed by atoms with van der Waals surface area (Å²) in [6.45, 7) is 5.01. The van der Waals surface area contributed by atoms with Gasteiger partial charge in [-0.3, -0.25) is 9.69 Å². The standard InChI is InChI=1S/C24H27N3O3S/c1-16-11-18(12-17(2)24(16)29-4)14-26(3)15-23(28)27-20(21-7-5-9-30-21)13-19(25-27)22-8-6-10-31-22/h5-12,20H,13-15H2,1-4H3. The van der Waals surface area contributed by atoms with Crippen molar-refractivity contribution >= 4 is 23.0 Å². The third-order valence-corrected chi connectivity index (χ3v) is 6.34. The Bertz CT molecular complexity index is 1050. The predicted molar refractivity (Wildman–Crippen MR) is 123 cm³/mol. The number of likely N-dealkylation sites (N-methyl/N-ethyl adjacent to an activating group) is 1. The Kier molecular flexibility index (Phi) is 6.25. The molecule has 0 saturated heterocycles. The van der Waals surface area contributed by atoms with Crippen LogP contribution in [0.1, 0.15) is 39.8 Å². The van der Waals surface area contributed by atoms with E-state index < -0.39 is 0 Å². The minimum Gasteiger partial charge on any atom is -0.496 e. The van der Waals surface area contributed by atoms with Gasteiger partial charge in [0, 0.05) is 13.0 Å². The first-order chi connectivity index (χ1) is 15.0. The summed E-state index contributed by atoms with van der Waals surface area (Å²) < 4.78 is 11.1. The lowest BCUT2D eigenvalue weighted by Gasteiger charge is -2.23. The number of ether oxygens (including phenoxy) is 1. The first-order valence-corrected chi connectivity index (χ1v) is 11.1. The summed E-state index contributed by atoms with van der Waals surface area (Å²) in [7, 11) is 3.64. The number of nitrogens with zero attached hydrogens (tertiary/aromatic N) is 3. The number of benzene rings is 1. The Morgan fingerprint density at radius 3 is 2.68 bits per heavy atom. The molecular weight excluding hydrogens is 410 g/mol. The molecule has 6 nitrogen and oxygen atoms in total. The molecule has 1 atom stereocenters. The monoisotopic (exact) mass is 437 g/mol. The molecule has 162 valence electrons. The zero-order chi connectivity index (χ0) is 22.0. The number of amides is 1. The lowest BCUT2D eigenvalue weighted by molar-refractivity contribution is -0.134. The van der Waals surface area contributed by atoms with Gasteiger partial charge in [-0.1, -0.05) is 18.2 Å². The first kappa shape index (κ1) is 21.3. The van der Waals surface area contributed by atoms with Gasteiger partial charge in [0.1, 0.15) is 17.6 Å². The van der Waals surface area contributed by atoms with Crippen LogP contribution in [-0.2, 0) is 11.3 Å². The number of carbonyl (C=O) groups is 1. The molecule has 31 heavy (non-hydrogen) atoms. The topological polar surface area (TPSA) is 58.3 Å². The molecule has 3 heterocycles. The summed E-state index contributed by atoms with van der Waals surface area (Å²) in [5.74, 6) is 1.63. The van der Waals surface area contributed by atoms with Gasteiger partial charge in [0.05, 0.1) is 30.5 Å². The van der Waals surface area contributed by atoms with Crippen LogP contribution >= 0.6 is 11.3 Å². The lowest BCUT2D eigenvalue weighted by Crippen LogP contribution is -2.36. The SMILES string of the molecule is COc1c(C)cc(CN(C)CC(=O)N2N=C(c3cccs3)CC2c2ccco2)cc1C. The summed E-state index contributed by atoms with van der Waals surface area (Å²) in [6.07, 6.45) is 2.29. The van der Waals surface area contributed by atoms with Crippen LogP contribution in [0.3, 0.4) is 0 Å². The maximum atomic E-state index is 13.2. The van der Waals surface area contributed by atoms with Gasteiger partial charge in [-0.2, -0.15) is 5.10 Å². The van der Waals surface area contributed by atoms with E-state index in [2.05, 4.69) is 17.2 Å². The van der Waals surface area contributed by atoms with E-state index in [-0.39, 0.29) is 18.5 Å². The molecule has 4 rings (SSSR count). The van der Waals surface area contributed by atoms with Gasteiger partial charge < -0.3 is 9.15 Å². The first-order valence-electron chi connectivity index (χ1n) is 10.3. The number of hydrazone groups is 1. The Morgan fingerprint density at radius 1 is 1.29 bits per heavy atom. The van der Waals surface area contributed by atoms with E-state index in [1.54, 1.807) is 29.7 Å². The quantitative estimate of drug-likeness (QED) is 0.534. The van der Waals surface area contributed by atoms with Gasteiger partial charge >= 0.3 is 0 Å². The van der Waals surface area contributed by atoms with Crippen LogP contribution in [0, 0.1) is 13.8 Å². The lowest BCUT2D eigenvalue weighted by atomic mass is 10.1. The van der Waals surface area contributed by atoms with Crippen molar-refractivity contribution in [1.82, 2.24) is 9.91 Å². The molecule has 0 N–H and O–H groups in total. The molecule has 2 aromatic heterocycles. The third kappa shape index (κ3) is 4.57. The molecule has 1 aliphatic heterocycles. The maximum Gasteiger partial charge on any atom is 0.257 e. The average molecular weight is 438 g/mol. The van der Waals surface area contributed by atoms with Crippen LogP contribution in [-0.4, -0.2) is 42.2 Å². The summed E-state index contributed by atoms with van der Waals surface area (Å²) in [4.78, 5) is 16.3.